The van der Waals surface area contributed by atoms with Gasteiger partial charge in [0.05, 0.1) is 31.7 Å². The van der Waals surface area contributed by atoms with E-state index in [-0.39, 0.29) is 11.8 Å². The van der Waals surface area contributed by atoms with Gasteiger partial charge in [0.1, 0.15) is 11.4 Å². The third-order valence-corrected chi connectivity index (χ3v) is 10.1. The number of carbonyl (C=O) groups is 1. The van der Waals surface area contributed by atoms with Crippen molar-refractivity contribution in [1.29, 1.82) is 0 Å². The van der Waals surface area contributed by atoms with Crippen molar-refractivity contribution in [3.05, 3.63) is 62.2 Å². The second-order valence-corrected chi connectivity index (χ2v) is 13.7. The van der Waals surface area contributed by atoms with E-state index in [4.69, 9.17) is 32.7 Å². The van der Waals surface area contributed by atoms with Crippen LogP contribution in [0.15, 0.2) is 45.3 Å². The molecule has 1 amide bonds. The Kier molecular flexibility index (Phi) is 7.84. The first kappa shape index (κ1) is 28.2. The molecule has 41 heavy (non-hydrogen) atoms. The van der Waals surface area contributed by atoms with Gasteiger partial charge in [-0.05, 0) is 31.9 Å². The van der Waals surface area contributed by atoms with E-state index in [0.717, 1.165) is 50.7 Å². The number of thioether (sulfide) groups is 1. The zero-order valence-electron chi connectivity index (χ0n) is 23.0. The third-order valence-electron chi connectivity index (χ3n) is 7.19. The van der Waals surface area contributed by atoms with Crippen molar-refractivity contribution >= 4 is 63.2 Å². The van der Waals surface area contributed by atoms with Gasteiger partial charge in [-0.2, -0.15) is 5.10 Å². The second-order valence-electron chi connectivity index (χ2n) is 10.4. The molecule has 1 fully saturated rings. The lowest BCUT2D eigenvalue weighted by molar-refractivity contribution is 0.0709. The fraction of sp³-hybridized carbons (Fsp3) is 0.345. The highest BCUT2D eigenvalue weighted by Crippen LogP contribution is 2.38. The topological polar surface area (TPSA) is 89.9 Å². The molecule has 0 spiro atoms. The summed E-state index contributed by atoms with van der Waals surface area (Å²) in [6.45, 7) is 7.58. The van der Waals surface area contributed by atoms with Crippen LogP contribution in [0.4, 0.5) is 0 Å². The molecule has 0 N–H and O–H groups in total. The SMILES string of the molecule is Cc1nn(C)c2ncc(C(=O)N3CCC(c4nc(-c5cc(-c6ccc(Cl)c(Cl)c6)no5)cs4)CC3)c(SC(C)C)c12. The van der Waals surface area contributed by atoms with Crippen molar-refractivity contribution in [2.45, 2.75) is 49.7 Å². The van der Waals surface area contributed by atoms with Crippen molar-refractivity contribution in [2.75, 3.05) is 13.1 Å². The van der Waals surface area contributed by atoms with E-state index < -0.39 is 0 Å². The maximum absolute atomic E-state index is 13.8. The highest BCUT2D eigenvalue weighted by atomic mass is 35.5. The molecule has 12 heteroatoms. The van der Waals surface area contributed by atoms with E-state index in [2.05, 4.69) is 29.1 Å². The Morgan fingerprint density at radius 2 is 1.93 bits per heavy atom. The molecule has 6 rings (SSSR count). The first-order valence-corrected chi connectivity index (χ1v) is 15.9. The van der Waals surface area contributed by atoms with E-state index in [0.29, 0.717) is 45.4 Å². The minimum Gasteiger partial charge on any atom is -0.354 e. The normalized spacial score (nSPS) is 14.5. The highest BCUT2D eigenvalue weighted by Gasteiger charge is 2.30. The number of carbonyl (C=O) groups excluding carboxylic acids is 1. The smallest absolute Gasteiger partial charge is 0.256 e. The number of pyridine rings is 1. The molecule has 0 radical (unpaired) electrons. The molecule has 1 saturated heterocycles. The Morgan fingerprint density at radius 1 is 1.15 bits per heavy atom. The van der Waals surface area contributed by atoms with Gasteiger partial charge in [0.2, 0.25) is 0 Å². The van der Waals surface area contributed by atoms with E-state index >= 15 is 0 Å². The maximum Gasteiger partial charge on any atom is 0.256 e. The summed E-state index contributed by atoms with van der Waals surface area (Å²) < 4.78 is 7.39. The summed E-state index contributed by atoms with van der Waals surface area (Å²) in [4.78, 5) is 26.2. The number of likely N-dealkylation sites (tertiary alicyclic amines) is 1. The number of aryl methyl sites for hydroxylation is 2. The molecular weight excluding hydrogens is 599 g/mol. The lowest BCUT2D eigenvalue weighted by Gasteiger charge is -2.31. The summed E-state index contributed by atoms with van der Waals surface area (Å²) in [5.41, 5.74) is 4.60. The van der Waals surface area contributed by atoms with Crippen molar-refractivity contribution in [1.82, 2.24) is 29.8 Å². The zero-order valence-corrected chi connectivity index (χ0v) is 26.2. The van der Waals surface area contributed by atoms with Crippen LogP contribution in [0.5, 0.6) is 0 Å². The van der Waals surface area contributed by atoms with Gasteiger partial charge >= 0.3 is 0 Å². The number of hydrogen-bond acceptors (Lipinski definition) is 8. The van der Waals surface area contributed by atoms with E-state index in [1.165, 1.54) is 0 Å². The minimum absolute atomic E-state index is 0.0283. The summed E-state index contributed by atoms with van der Waals surface area (Å²) in [6.07, 6.45) is 3.41. The van der Waals surface area contributed by atoms with Crippen molar-refractivity contribution < 1.29 is 9.32 Å². The number of halogens is 2. The molecule has 0 bridgehead atoms. The van der Waals surface area contributed by atoms with Crippen LogP contribution in [0.2, 0.25) is 10.0 Å². The largest absolute Gasteiger partial charge is 0.354 e. The monoisotopic (exact) mass is 626 g/mol. The van der Waals surface area contributed by atoms with Gasteiger partial charge in [-0.3, -0.25) is 9.48 Å². The predicted molar refractivity (Wildman–Crippen MR) is 165 cm³/mol. The highest BCUT2D eigenvalue weighted by molar-refractivity contribution is 8.00. The average molecular weight is 628 g/mol. The molecule has 5 aromatic rings. The average Bonchev–Trinajstić information content (AvgIpc) is 3.69. The van der Waals surface area contributed by atoms with Gasteiger partial charge in [0.25, 0.3) is 5.91 Å². The van der Waals surface area contributed by atoms with Crippen LogP contribution in [0, 0.1) is 6.92 Å². The van der Waals surface area contributed by atoms with Gasteiger partial charge in [0.15, 0.2) is 11.4 Å². The Morgan fingerprint density at radius 3 is 2.66 bits per heavy atom. The number of thiazole rings is 1. The first-order valence-electron chi connectivity index (χ1n) is 13.4. The van der Waals surface area contributed by atoms with Gasteiger partial charge in [-0.25, -0.2) is 9.97 Å². The minimum atomic E-state index is 0.0283. The predicted octanol–water partition coefficient (Wildman–Crippen LogP) is 7.88. The summed E-state index contributed by atoms with van der Waals surface area (Å²) in [5, 5.41) is 14.0. The summed E-state index contributed by atoms with van der Waals surface area (Å²) >= 11 is 15.5. The number of amides is 1. The Bertz CT molecular complexity index is 1750. The second kappa shape index (κ2) is 11.4. The molecule has 0 unspecified atom stereocenters. The molecule has 1 aliphatic heterocycles. The van der Waals surface area contributed by atoms with Crippen LogP contribution >= 0.6 is 46.3 Å². The van der Waals surface area contributed by atoms with Crippen LogP contribution in [-0.4, -0.2) is 54.1 Å². The first-order chi connectivity index (χ1) is 19.7. The molecule has 1 aliphatic rings. The maximum atomic E-state index is 13.8. The Balaban J connectivity index is 1.16. The third kappa shape index (κ3) is 5.50. The van der Waals surface area contributed by atoms with E-state index in [9.17, 15) is 4.79 Å². The fourth-order valence-corrected chi connectivity index (χ4v) is 7.54. The summed E-state index contributed by atoms with van der Waals surface area (Å²) in [6, 6.07) is 7.23. The van der Waals surface area contributed by atoms with Crippen molar-refractivity contribution in [2.24, 2.45) is 7.05 Å². The standard InChI is InChI=1S/C29H28Cl2N6O2S2/c1-15(2)41-26-19(13-32-27-25(26)16(3)34-36(27)4)29(38)37-9-7-17(8-10-37)28-33-23(14-40-28)24-12-22(35-39-24)18-5-6-20(30)21(31)11-18/h5-6,11-15,17H,7-10H2,1-4H3. The molecule has 0 aliphatic carbocycles. The number of nitrogens with zero attached hydrogens (tertiary/aromatic N) is 6. The molecule has 5 heterocycles. The number of aromatic nitrogens is 5. The zero-order chi connectivity index (χ0) is 28.8. The molecule has 212 valence electrons. The van der Waals surface area contributed by atoms with E-state index in [1.54, 1.807) is 46.1 Å². The van der Waals surface area contributed by atoms with Crippen molar-refractivity contribution in [3.8, 4) is 22.7 Å². The number of benzene rings is 1. The summed E-state index contributed by atoms with van der Waals surface area (Å²) in [7, 11) is 1.89. The van der Waals surface area contributed by atoms with Crippen LogP contribution in [0.25, 0.3) is 33.7 Å². The van der Waals surface area contributed by atoms with Crippen LogP contribution < -0.4 is 0 Å². The molecule has 8 nitrogen and oxygen atoms in total. The van der Waals surface area contributed by atoms with Crippen molar-refractivity contribution in [3.63, 3.8) is 0 Å². The molecular formula is C29H28Cl2N6O2S2. The Labute approximate surface area is 256 Å². The number of piperidine rings is 1. The van der Waals surface area contributed by atoms with Crippen LogP contribution in [0.3, 0.4) is 0 Å². The van der Waals surface area contributed by atoms with E-state index in [1.807, 2.05) is 36.4 Å². The summed E-state index contributed by atoms with van der Waals surface area (Å²) in [5.74, 6) is 0.909. The van der Waals surface area contributed by atoms with Gasteiger partial charge in [-0.15, -0.1) is 23.1 Å². The number of fused-ring (bicyclic) bond motifs is 1. The number of hydrogen-bond donors (Lipinski definition) is 0. The Hall–Kier alpha value is -2.92. The molecule has 0 saturated carbocycles. The fourth-order valence-electron chi connectivity index (χ4n) is 5.16. The van der Waals surface area contributed by atoms with Crippen LogP contribution in [-0.2, 0) is 7.05 Å². The molecule has 1 aromatic carbocycles. The van der Waals surface area contributed by atoms with Gasteiger partial charge < -0.3 is 9.42 Å². The molecule has 4 aromatic heterocycles. The van der Waals surface area contributed by atoms with Gasteiger partial charge in [-0.1, -0.05) is 48.3 Å². The van der Waals surface area contributed by atoms with Crippen LogP contribution in [0.1, 0.15) is 53.7 Å². The lowest BCUT2D eigenvalue weighted by atomic mass is 9.97. The quantitative estimate of drug-likeness (QED) is 0.177. The lowest BCUT2D eigenvalue weighted by Crippen LogP contribution is -2.38. The number of rotatable bonds is 6. The van der Waals surface area contributed by atoms with Gasteiger partial charge in [0, 0.05) is 59.4 Å². The molecule has 0 atom stereocenters.